The topological polar surface area (TPSA) is 49.3 Å². The SMILES string of the molecule is OCc1cc(-c2cc3c(cc2F)Cc2cnsc2N3C2CC2)ccn1. The lowest BCUT2D eigenvalue weighted by Crippen LogP contribution is -2.24. The average molecular weight is 353 g/mol. The van der Waals surface area contributed by atoms with Gasteiger partial charge in [0.25, 0.3) is 0 Å². The van der Waals surface area contributed by atoms with Gasteiger partial charge in [-0.05, 0) is 59.8 Å². The predicted molar refractivity (Wildman–Crippen MR) is 95.6 cm³/mol. The van der Waals surface area contributed by atoms with Crippen LogP contribution in [0.3, 0.4) is 0 Å². The summed E-state index contributed by atoms with van der Waals surface area (Å²) in [6, 6.07) is 7.61. The van der Waals surface area contributed by atoms with Gasteiger partial charge < -0.3 is 10.0 Å². The van der Waals surface area contributed by atoms with Crippen LogP contribution in [-0.4, -0.2) is 20.5 Å². The van der Waals surface area contributed by atoms with E-state index >= 15 is 0 Å². The molecule has 0 amide bonds. The number of nitrogens with zero attached hydrogens (tertiary/aromatic N) is 3. The molecule has 6 heteroatoms. The second-order valence-corrected chi connectivity index (χ2v) is 7.37. The fourth-order valence-electron chi connectivity index (χ4n) is 3.51. The van der Waals surface area contributed by atoms with Crippen LogP contribution in [0.25, 0.3) is 11.1 Å². The Kier molecular flexibility index (Phi) is 3.36. The fourth-order valence-corrected chi connectivity index (χ4v) is 4.36. The first-order chi connectivity index (χ1) is 12.2. The minimum atomic E-state index is -0.240. The Bertz CT molecular complexity index is 967. The number of aliphatic hydroxyl groups is 1. The van der Waals surface area contributed by atoms with Crippen LogP contribution in [0.4, 0.5) is 15.1 Å². The molecular weight excluding hydrogens is 337 g/mol. The standard InChI is InChI=1S/C19H16FN3OS/c20-17-7-12-5-13-9-22-25-19(13)23(15-1-2-15)18(12)8-16(17)11-3-4-21-14(6-11)10-24/h3-4,6-9,15,24H,1-2,5,10H2. The summed E-state index contributed by atoms with van der Waals surface area (Å²) in [5.41, 5.74) is 5.11. The number of benzene rings is 1. The van der Waals surface area contributed by atoms with Gasteiger partial charge in [-0.25, -0.2) is 4.39 Å². The summed E-state index contributed by atoms with van der Waals surface area (Å²) in [7, 11) is 0. The van der Waals surface area contributed by atoms with Crippen molar-refractivity contribution in [3.63, 3.8) is 0 Å². The molecule has 2 aliphatic rings. The predicted octanol–water partition coefficient (Wildman–Crippen LogP) is 4.04. The van der Waals surface area contributed by atoms with Crippen molar-refractivity contribution in [2.45, 2.75) is 31.9 Å². The maximum atomic E-state index is 14.8. The van der Waals surface area contributed by atoms with Gasteiger partial charge in [0.2, 0.25) is 0 Å². The molecule has 1 aromatic carbocycles. The highest BCUT2D eigenvalue weighted by Crippen LogP contribution is 2.48. The van der Waals surface area contributed by atoms with Gasteiger partial charge in [-0.15, -0.1) is 0 Å². The third-order valence-electron chi connectivity index (χ3n) is 4.85. The van der Waals surface area contributed by atoms with E-state index in [4.69, 9.17) is 0 Å². The van der Waals surface area contributed by atoms with E-state index in [1.165, 1.54) is 22.1 Å². The van der Waals surface area contributed by atoms with E-state index in [0.717, 1.165) is 36.1 Å². The molecule has 1 aliphatic carbocycles. The minimum absolute atomic E-state index is 0.154. The molecular formula is C19H16FN3OS. The maximum absolute atomic E-state index is 14.8. The fraction of sp³-hybridized carbons (Fsp3) is 0.263. The van der Waals surface area contributed by atoms with E-state index in [-0.39, 0.29) is 12.4 Å². The largest absolute Gasteiger partial charge is 0.390 e. The second kappa shape index (κ2) is 5.61. The maximum Gasteiger partial charge on any atom is 0.131 e. The highest BCUT2D eigenvalue weighted by molar-refractivity contribution is 7.10. The molecule has 3 aromatic rings. The molecule has 1 fully saturated rings. The number of pyridine rings is 1. The second-order valence-electron chi connectivity index (χ2n) is 6.59. The van der Waals surface area contributed by atoms with Crippen molar-refractivity contribution >= 4 is 22.2 Å². The summed E-state index contributed by atoms with van der Waals surface area (Å²) in [5, 5.41) is 10.5. The van der Waals surface area contributed by atoms with Crippen molar-refractivity contribution in [3.8, 4) is 11.1 Å². The van der Waals surface area contributed by atoms with Gasteiger partial charge in [0.1, 0.15) is 10.8 Å². The van der Waals surface area contributed by atoms with Gasteiger partial charge in [0.15, 0.2) is 0 Å². The van der Waals surface area contributed by atoms with Crippen LogP contribution in [0.1, 0.15) is 29.7 Å². The Morgan fingerprint density at radius 2 is 2.12 bits per heavy atom. The molecule has 0 unspecified atom stereocenters. The van der Waals surface area contributed by atoms with E-state index in [9.17, 15) is 9.50 Å². The quantitative estimate of drug-likeness (QED) is 0.772. The summed E-state index contributed by atoms with van der Waals surface area (Å²) in [6.45, 7) is -0.154. The van der Waals surface area contributed by atoms with Crippen molar-refractivity contribution in [3.05, 3.63) is 59.3 Å². The van der Waals surface area contributed by atoms with Gasteiger partial charge in [0, 0.05) is 41.7 Å². The van der Waals surface area contributed by atoms with Crippen molar-refractivity contribution in [1.29, 1.82) is 0 Å². The molecule has 0 spiro atoms. The van der Waals surface area contributed by atoms with Crippen LogP contribution in [0.15, 0.2) is 36.7 Å². The zero-order chi connectivity index (χ0) is 17.0. The molecule has 4 nitrogen and oxygen atoms in total. The molecule has 5 rings (SSSR count). The van der Waals surface area contributed by atoms with E-state index < -0.39 is 0 Å². The van der Waals surface area contributed by atoms with Gasteiger partial charge in [-0.1, -0.05) is 0 Å². The summed E-state index contributed by atoms with van der Waals surface area (Å²) >= 11 is 1.52. The third-order valence-corrected chi connectivity index (χ3v) is 5.69. The Hall–Kier alpha value is -2.31. The lowest BCUT2D eigenvalue weighted by Gasteiger charge is -2.31. The normalized spacial score (nSPS) is 15.8. The van der Waals surface area contributed by atoms with E-state index in [1.54, 1.807) is 24.4 Å². The lowest BCUT2D eigenvalue weighted by molar-refractivity contribution is 0.277. The van der Waals surface area contributed by atoms with E-state index in [1.807, 2.05) is 12.3 Å². The number of fused-ring (bicyclic) bond motifs is 2. The van der Waals surface area contributed by atoms with Crippen LogP contribution in [-0.2, 0) is 13.0 Å². The lowest BCUT2D eigenvalue weighted by atomic mass is 9.95. The highest BCUT2D eigenvalue weighted by Gasteiger charge is 2.36. The number of anilines is 2. The number of aliphatic hydroxyl groups excluding tert-OH is 1. The van der Waals surface area contributed by atoms with Crippen molar-refractivity contribution < 1.29 is 9.50 Å². The Morgan fingerprint density at radius 3 is 2.92 bits per heavy atom. The molecule has 1 saturated carbocycles. The molecule has 0 bridgehead atoms. The monoisotopic (exact) mass is 353 g/mol. The van der Waals surface area contributed by atoms with Crippen LogP contribution < -0.4 is 4.90 Å². The number of halogens is 1. The third kappa shape index (κ3) is 2.44. The van der Waals surface area contributed by atoms with Gasteiger partial charge in [-0.3, -0.25) is 4.98 Å². The van der Waals surface area contributed by atoms with Crippen LogP contribution in [0, 0.1) is 5.82 Å². The zero-order valence-electron chi connectivity index (χ0n) is 13.4. The van der Waals surface area contributed by atoms with Gasteiger partial charge in [0.05, 0.1) is 12.3 Å². The number of aromatic nitrogens is 2. The first-order valence-corrected chi connectivity index (χ1v) is 9.13. The molecule has 2 aromatic heterocycles. The first-order valence-electron chi connectivity index (χ1n) is 8.36. The van der Waals surface area contributed by atoms with Crippen LogP contribution in [0.5, 0.6) is 0 Å². The number of rotatable bonds is 3. The van der Waals surface area contributed by atoms with Crippen molar-refractivity contribution in [1.82, 2.24) is 9.36 Å². The van der Waals surface area contributed by atoms with Gasteiger partial charge >= 0.3 is 0 Å². The van der Waals surface area contributed by atoms with Gasteiger partial charge in [-0.2, -0.15) is 4.37 Å². The number of hydrogen-bond donors (Lipinski definition) is 1. The van der Waals surface area contributed by atoms with Crippen LogP contribution in [0.2, 0.25) is 0 Å². The molecule has 1 aliphatic heterocycles. The smallest absolute Gasteiger partial charge is 0.131 e. The zero-order valence-corrected chi connectivity index (χ0v) is 14.3. The summed E-state index contributed by atoms with van der Waals surface area (Å²) in [6.07, 6.45) is 6.56. The van der Waals surface area contributed by atoms with E-state index in [0.29, 0.717) is 17.3 Å². The molecule has 25 heavy (non-hydrogen) atoms. The Labute approximate surface area is 148 Å². The molecule has 126 valence electrons. The average Bonchev–Trinajstić information content (AvgIpc) is 3.36. The summed E-state index contributed by atoms with van der Waals surface area (Å²) in [5.74, 6) is -0.240. The summed E-state index contributed by atoms with van der Waals surface area (Å²) < 4.78 is 19.2. The Morgan fingerprint density at radius 1 is 1.24 bits per heavy atom. The number of hydrogen-bond acceptors (Lipinski definition) is 5. The van der Waals surface area contributed by atoms with Crippen molar-refractivity contribution in [2.75, 3.05) is 4.90 Å². The Balaban J connectivity index is 1.67. The first kappa shape index (κ1) is 15.0. The molecule has 0 radical (unpaired) electrons. The molecule has 0 saturated heterocycles. The minimum Gasteiger partial charge on any atom is -0.390 e. The van der Waals surface area contributed by atoms with Crippen LogP contribution >= 0.6 is 11.5 Å². The summed E-state index contributed by atoms with van der Waals surface area (Å²) in [4.78, 5) is 6.42. The molecule has 1 N–H and O–H groups in total. The highest BCUT2D eigenvalue weighted by atomic mass is 32.1. The molecule has 0 atom stereocenters. The molecule has 3 heterocycles. The van der Waals surface area contributed by atoms with Crippen molar-refractivity contribution in [2.24, 2.45) is 0 Å². The van der Waals surface area contributed by atoms with E-state index in [2.05, 4.69) is 14.3 Å².